The first-order chi connectivity index (χ1) is 17.3. The third-order valence-corrected chi connectivity index (χ3v) is 8.14. The van der Waals surface area contributed by atoms with Gasteiger partial charge < -0.3 is 24.2 Å². The number of ether oxygens (including phenoxy) is 2. The van der Waals surface area contributed by atoms with Gasteiger partial charge in [0, 0.05) is 56.8 Å². The van der Waals surface area contributed by atoms with E-state index in [0.717, 1.165) is 37.9 Å². The Morgan fingerprint density at radius 1 is 1.22 bits per heavy atom. The van der Waals surface area contributed by atoms with E-state index in [1.165, 1.54) is 0 Å². The van der Waals surface area contributed by atoms with Crippen LogP contribution in [0.2, 0.25) is 0 Å². The highest BCUT2D eigenvalue weighted by Crippen LogP contribution is 2.37. The Bertz CT molecular complexity index is 947. The normalized spacial score (nSPS) is 22.7. The number of carbonyl (C=O) groups is 1. The van der Waals surface area contributed by atoms with Crippen LogP contribution in [0.5, 0.6) is 0 Å². The fourth-order valence-electron chi connectivity index (χ4n) is 5.17. The number of anilines is 2. The second kappa shape index (κ2) is 11.0. The standard InChI is InChI=1S/C25H38F3N5O3S/c1-23(2,3)36-22(34)32-11-13-37-18(16-32)15-31(4)19-14-20(30-21(29-19)25(26,27)28)33-10-12-35-24(17-33)8-6-5-7-9-24/h14,18H,5-13,15-17H2,1-4H3. The predicted molar refractivity (Wildman–Crippen MR) is 138 cm³/mol. The number of alkyl halides is 3. The summed E-state index contributed by atoms with van der Waals surface area (Å²) in [5, 5.41) is 0.00733. The van der Waals surface area contributed by atoms with E-state index in [9.17, 15) is 18.0 Å². The van der Waals surface area contributed by atoms with Crippen molar-refractivity contribution in [3.63, 3.8) is 0 Å². The van der Waals surface area contributed by atoms with Gasteiger partial charge in [-0.3, -0.25) is 0 Å². The van der Waals surface area contributed by atoms with Gasteiger partial charge in [0.05, 0.1) is 12.2 Å². The quantitative estimate of drug-likeness (QED) is 0.533. The molecular weight excluding hydrogens is 507 g/mol. The summed E-state index contributed by atoms with van der Waals surface area (Å²) in [6.45, 7) is 8.43. The molecule has 2 aliphatic heterocycles. The highest BCUT2D eigenvalue weighted by molar-refractivity contribution is 8.00. The summed E-state index contributed by atoms with van der Waals surface area (Å²) in [4.78, 5) is 25.7. The van der Waals surface area contributed by atoms with Gasteiger partial charge in [-0.25, -0.2) is 14.8 Å². The monoisotopic (exact) mass is 545 g/mol. The molecule has 1 unspecified atom stereocenters. The first-order valence-corrected chi connectivity index (χ1v) is 14.0. The minimum atomic E-state index is -4.66. The van der Waals surface area contributed by atoms with Crippen molar-refractivity contribution in [3.8, 4) is 0 Å². The van der Waals surface area contributed by atoms with Crippen LogP contribution in [0.4, 0.5) is 29.6 Å². The molecule has 1 amide bonds. The molecule has 1 aromatic heterocycles. The molecule has 2 saturated heterocycles. The average Bonchev–Trinajstić information content (AvgIpc) is 2.83. The number of halogens is 3. The zero-order valence-corrected chi connectivity index (χ0v) is 23.0. The van der Waals surface area contributed by atoms with Crippen molar-refractivity contribution in [1.82, 2.24) is 14.9 Å². The predicted octanol–water partition coefficient (Wildman–Crippen LogP) is 4.82. The van der Waals surface area contributed by atoms with E-state index in [1.54, 1.807) is 34.7 Å². The van der Waals surface area contributed by atoms with E-state index in [0.29, 0.717) is 39.3 Å². The number of amides is 1. The number of hydrogen-bond donors (Lipinski definition) is 0. The maximum absolute atomic E-state index is 13.8. The van der Waals surface area contributed by atoms with Gasteiger partial charge in [-0.15, -0.1) is 0 Å². The van der Waals surface area contributed by atoms with Crippen LogP contribution in [0.15, 0.2) is 6.07 Å². The largest absolute Gasteiger partial charge is 0.451 e. The lowest BCUT2D eigenvalue weighted by molar-refractivity contribution is -0.144. The van der Waals surface area contributed by atoms with E-state index in [2.05, 4.69) is 9.97 Å². The van der Waals surface area contributed by atoms with Gasteiger partial charge in [-0.2, -0.15) is 24.9 Å². The summed E-state index contributed by atoms with van der Waals surface area (Å²) in [5.74, 6) is 0.0968. The van der Waals surface area contributed by atoms with Crippen molar-refractivity contribution in [2.24, 2.45) is 0 Å². The fourth-order valence-corrected chi connectivity index (χ4v) is 6.44. The molecule has 1 aromatic rings. The molecule has 37 heavy (non-hydrogen) atoms. The Labute approximate surface area is 221 Å². The summed E-state index contributed by atoms with van der Waals surface area (Å²) in [7, 11) is 1.74. The molecule has 0 bridgehead atoms. The topological polar surface area (TPSA) is 71.0 Å². The van der Waals surface area contributed by atoms with Crippen LogP contribution in [0.25, 0.3) is 0 Å². The van der Waals surface area contributed by atoms with Gasteiger partial charge in [-0.1, -0.05) is 19.3 Å². The van der Waals surface area contributed by atoms with E-state index in [-0.39, 0.29) is 28.6 Å². The molecule has 8 nitrogen and oxygen atoms in total. The maximum Gasteiger partial charge on any atom is 0.451 e. The molecule has 3 fully saturated rings. The van der Waals surface area contributed by atoms with Gasteiger partial charge in [0.1, 0.15) is 17.2 Å². The summed E-state index contributed by atoms with van der Waals surface area (Å²) >= 11 is 1.70. The molecular formula is C25H38F3N5O3S. The molecule has 1 atom stereocenters. The van der Waals surface area contributed by atoms with Crippen molar-refractivity contribution in [2.45, 2.75) is 75.5 Å². The molecule has 1 saturated carbocycles. The molecule has 3 aliphatic rings. The summed E-state index contributed by atoms with van der Waals surface area (Å²) < 4.78 is 53.1. The zero-order valence-electron chi connectivity index (χ0n) is 22.1. The Morgan fingerprint density at radius 3 is 2.62 bits per heavy atom. The molecule has 0 radical (unpaired) electrons. The summed E-state index contributed by atoms with van der Waals surface area (Å²) in [6, 6.07) is 1.65. The number of nitrogens with zero attached hydrogens (tertiary/aromatic N) is 5. The molecule has 208 valence electrons. The van der Waals surface area contributed by atoms with Crippen molar-refractivity contribution in [2.75, 3.05) is 61.9 Å². The van der Waals surface area contributed by atoms with Crippen LogP contribution in [-0.4, -0.2) is 89.5 Å². The third kappa shape index (κ3) is 7.34. The summed E-state index contributed by atoms with van der Waals surface area (Å²) in [5.41, 5.74) is -0.898. The Hall–Kier alpha value is -1.95. The average molecular weight is 546 g/mol. The van der Waals surface area contributed by atoms with Gasteiger partial charge >= 0.3 is 12.3 Å². The molecule has 1 spiro atoms. The summed E-state index contributed by atoms with van der Waals surface area (Å²) in [6.07, 6.45) is 0.107. The van der Waals surface area contributed by atoms with Crippen molar-refractivity contribution in [3.05, 3.63) is 11.9 Å². The number of carbonyl (C=O) groups excluding carboxylic acids is 1. The number of thioether (sulfide) groups is 1. The number of rotatable bonds is 4. The third-order valence-electron chi connectivity index (χ3n) is 6.95. The van der Waals surface area contributed by atoms with Crippen LogP contribution in [0, 0.1) is 0 Å². The SMILES string of the molecule is CN(CC1CN(C(=O)OC(C)(C)C)CCS1)c1cc(N2CCOC3(CCCCC3)C2)nc(C(F)(F)F)n1. The van der Waals surface area contributed by atoms with E-state index in [1.807, 2.05) is 25.7 Å². The number of morpholine rings is 1. The van der Waals surface area contributed by atoms with Gasteiger partial charge in [0.15, 0.2) is 0 Å². The minimum Gasteiger partial charge on any atom is -0.444 e. The molecule has 4 rings (SSSR count). The second-order valence-electron chi connectivity index (χ2n) is 11.2. The molecule has 3 heterocycles. The molecule has 1 aliphatic carbocycles. The van der Waals surface area contributed by atoms with E-state index >= 15 is 0 Å². The second-order valence-corrected chi connectivity index (χ2v) is 12.6. The maximum atomic E-state index is 13.8. The first-order valence-electron chi connectivity index (χ1n) is 13.0. The van der Waals surface area contributed by atoms with Crippen LogP contribution in [0.1, 0.15) is 58.7 Å². The highest BCUT2D eigenvalue weighted by Gasteiger charge is 2.40. The Balaban J connectivity index is 1.50. The van der Waals surface area contributed by atoms with Crippen LogP contribution in [0.3, 0.4) is 0 Å². The van der Waals surface area contributed by atoms with Crippen molar-refractivity contribution in [1.29, 1.82) is 0 Å². The molecule has 0 aromatic carbocycles. The van der Waals surface area contributed by atoms with Crippen LogP contribution >= 0.6 is 11.8 Å². The first kappa shape index (κ1) is 28.1. The van der Waals surface area contributed by atoms with E-state index in [4.69, 9.17) is 9.47 Å². The smallest absolute Gasteiger partial charge is 0.444 e. The van der Waals surface area contributed by atoms with Gasteiger partial charge in [0.25, 0.3) is 0 Å². The van der Waals surface area contributed by atoms with Gasteiger partial charge in [-0.05, 0) is 33.6 Å². The lowest BCUT2D eigenvalue weighted by Gasteiger charge is -2.45. The molecule has 0 N–H and O–H groups in total. The van der Waals surface area contributed by atoms with E-state index < -0.39 is 17.6 Å². The van der Waals surface area contributed by atoms with Crippen molar-refractivity contribution >= 4 is 29.5 Å². The molecule has 12 heteroatoms. The zero-order chi connectivity index (χ0) is 26.8. The lowest BCUT2D eigenvalue weighted by Crippen LogP contribution is -2.53. The Kier molecular flexibility index (Phi) is 8.37. The lowest BCUT2D eigenvalue weighted by atomic mass is 9.83. The number of aromatic nitrogens is 2. The van der Waals surface area contributed by atoms with Crippen molar-refractivity contribution < 1.29 is 27.4 Å². The van der Waals surface area contributed by atoms with Crippen LogP contribution in [-0.2, 0) is 15.7 Å². The minimum absolute atomic E-state index is 0.00733. The fraction of sp³-hybridized carbons (Fsp3) is 0.800. The van der Waals surface area contributed by atoms with Gasteiger partial charge in [0.2, 0.25) is 5.82 Å². The highest BCUT2D eigenvalue weighted by atomic mass is 32.2. The van der Waals surface area contributed by atoms with Crippen LogP contribution < -0.4 is 9.80 Å². The number of hydrogen-bond acceptors (Lipinski definition) is 8. The Morgan fingerprint density at radius 2 is 1.95 bits per heavy atom.